The van der Waals surface area contributed by atoms with Crippen molar-refractivity contribution in [3.8, 4) is 0 Å². The zero-order valence-corrected chi connectivity index (χ0v) is 19.4. The molecule has 0 atom stereocenters. The average Bonchev–Trinajstić information content (AvgIpc) is 2.82. The molecule has 1 saturated heterocycles. The quantitative estimate of drug-likeness (QED) is 0.659. The number of benzene rings is 1. The second kappa shape index (κ2) is 10.5. The standard InChI is InChI=1S/C23H24Cl2N4O4/c24-15-3-7-19(18(11-15)23(32)28-20-8-4-16(25)12-26-20)27-22(31)14-1-5-17(6-2-14)29-9-10-33-13-21(29)30/h3-4,7-8,11-12,14,17H,1-2,5-6,9-10,13H2,(H,27,31)(H,26,28,32). The van der Waals surface area contributed by atoms with Gasteiger partial charge in [-0.15, -0.1) is 0 Å². The van der Waals surface area contributed by atoms with Crippen LogP contribution in [0, 0.1) is 5.92 Å². The number of pyridine rings is 1. The summed E-state index contributed by atoms with van der Waals surface area (Å²) in [5.41, 5.74) is 0.613. The summed E-state index contributed by atoms with van der Waals surface area (Å²) in [5.74, 6) is -0.444. The van der Waals surface area contributed by atoms with Crippen LogP contribution in [0.4, 0.5) is 11.5 Å². The van der Waals surface area contributed by atoms with E-state index in [0.717, 1.165) is 12.8 Å². The van der Waals surface area contributed by atoms with Gasteiger partial charge < -0.3 is 20.3 Å². The van der Waals surface area contributed by atoms with Crippen LogP contribution in [-0.2, 0) is 14.3 Å². The van der Waals surface area contributed by atoms with Gasteiger partial charge in [0.1, 0.15) is 12.4 Å². The lowest BCUT2D eigenvalue weighted by molar-refractivity contribution is -0.146. The summed E-state index contributed by atoms with van der Waals surface area (Å²) in [6.07, 6.45) is 4.30. The number of ether oxygens (including phenoxy) is 1. The third-order valence-corrected chi connectivity index (χ3v) is 6.44. The van der Waals surface area contributed by atoms with E-state index in [1.54, 1.807) is 24.3 Å². The van der Waals surface area contributed by atoms with Crippen LogP contribution in [-0.4, -0.2) is 53.4 Å². The molecule has 0 bridgehead atoms. The fraction of sp³-hybridized carbons (Fsp3) is 0.391. The molecule has 2 N–H and O–H groups in total. The molecule has 2 heterocycles. The van der Waals surface area contributed by atoms with Gasteiger partial charge in [-0.25, -0.2) is 4.98 Å². The van der Waals surface area contributed by atoms with Crippen LogP contribution in [0.2, 0.25) is 10.0 Å². The first-order valence-electron chi connectivity index (χ1n) is 10.8. The molecule has 8 nitrogen and oxygen atoms in total. The van der Waals surface area contributed by atoms with Gasteiger partial charge in [0.15, 0.2) is 0 Å². The molecule has 4 rings (SSSR count). The van der Waals surface area contributed by atoms with Gasteiger partial charge >= 0.3 is 0 Å². The molecule has 1 aromatic carbocycles. The van der Waals surface area contributed by atoms with Crippen LogP contribution in [0.25, 0.3) is 0 Å². The van der Waals surface area contributed by atoms with Crippen molar-refractivity contribution >= 4 is 52.4 Å². The van der Waals surface area contributed by atoms with Crippen molar-refractivity contribution in [3.63, 3.8) is 0 Å². The zero-order chi connectivity index (χ0) is 23.4. The molecule has 0 unspecified atom stereocenters. The zero-order valence-electron chi connectivity index (χ0n) is 17.9. The molecule has 2 aromatic rings. The molecule has 0 spiro atoms. The number of aromatic nitrogens is 1. The second-order valence-electron chi connectivity index (χ2n) is 8.14. The van der Waals surface area contributed by atoms with Crippen molar-refractivity contribution < 1.29 is 19.1 Å². The smallest absolute Gasteiger partial charge is 0.258 e. The summed E-state index contributed by atoms with van der Waals surface area (Å²) in [6, 6.07) is 8.09. The van der Waals surface area contributed by atoms with Crippen molar-refractivity contribution in [2.45, 2.75) is 31.7 Å². The molecule has 1 aromatic heterocycles. The van der Waals surface area contributed by atoms with E-state index in [1.807, 2.05) is 4.90 Å². The highest BCUT2D eigenvalue weighted by molar-refractivity contribution is 6.31. The minimum Gasteiger partial charge on any atom is -0.370 e. The lowest BCUT2D eigenvalue weighted by atomic mass is 9.84. The number of anilines is 2. The second-order valence-corrected chi connectivity index (χ2v) is 9.01. The van der Waals surface area contributed by atoms with E-state index >= 15 is 0 Å². The first-order valence-corrected chi connectivity index (χ1v) is 11.6. The molecular formula is C23H24Cl2N4O4. The third kappa shape index (κ3) is 5.82. The maximum absolute atomic E-state index is 13.0. The highest BCUT2D eigenvalue weighted by Gasteiger charge is 2.33. The molecule has 10 heteroatoms. The molecule has 0 radical (unpaired) electrons. The Bertz CT molecular complexity index is 1040. The Morgan fingerprint density at radius 2 is 1.79 bits per heavy atom. The van der Waals surface area contributed by atoms with E-state index in [1.165, 1.54) is 12.3 Å². The molecule has 1 aliphatic carbocycles. The Hall–Kier alpha value is -2.68. The first kappa shape index (κ1) is 23.5. The monoisotopic (exact) mass is 490 g/mol. The van der Waals surface area contributed by atoms with Crippen molar-refractivity contribution in [2.24, 2.45) is 5.92 Å². The number of nitrogens with one attached hydrogen (secondary N) is 2. The topological polar surface area (TPSA) is 101 Å². The summed E-state index contributed by atoms with van der Waals surface area (Å²) < 4.78 is 5.20. The van der Waals surface area contributed by atoms with Crippen LogP contribution in [0.1, 0.15) is 36.0 Å². The fourth-order valence-corrected chi connectivity index (χ4v) is 4.53. The summed E-state index contributed by atoms with van der Waals surface area (Å²) in [6.45, 7) is 1.29. The summed E-state index contributed by atoms with van der Waals surface area (Å²) >= 11 is 11.9. The maximum Gasteiger partial charge on any atom is 0.258 e. The van der Waals surface area contributed by atoms with Gasteiger partial charge in [0, 0.05) is 29.7 Å². The lowest BCUT2D eigenvalue weighted by Gasteiger charge is -2.38. The number of rotatable bonds is 5. The van der Waals surface area contributed by atoms with Crippen molar-refractivity contribution in [1.82, 2.24) is 9.88 Å². The van der Waals surface area contributed by atoms with Gasteiger partial charge in [0.2, 0.25) is 11.8 Å². The Labute approximate surface area is 201 Å². The molecule has 174 valence electrons. The third-order valence-electron chi connectivity index (χ3n) is 5.98. The predicted molar refractivity (Wildman–Crippen MR) is 126 cm³/mol. The molecule has 3 amide bonds. The Morgan fingerprint density at radius 3 is 2.48 bits per heavy atom. The normalized spacial score (nSPS) is 20.9. The minimum absolute atomic E-state index is 0.0150. The van der Waals surface area contributed by atoms with Gasteiger partial charge in [0.25, 0.3) is 5.91 Å². The van der Waals surface area contributed by atoms with Crippen molar-refractivity contribution in [1.29, 1.82) is 0 Å². The number of amides is 3. The lowest BCUT2D eigenvalue weighted by Crippen LogP contribution is -2.49. The Balaban J connectivity index is 1.39. The van der Waals surface area contributed by atoms with Crippen LogP contribution >= 0.6 is 23.2 Å². The fourth-order valence-electron chi connectivity index (χ4n) is 4.25. The molecular weight excluding hydrogens is 467 g/mol. The van der Waals surface area contributed by atoms with E-state index in [2.05, 4.69) is 15.6 Å². The van der Waals surface area contributed by atoms with Crippen LogP contribution in [0.15, 0.2) is 36.5 Å². The van der Waals surface area contributed by atoms with E-state index < -0.39 is 5.91 Å². The number of carbonyl (C=O) groups excluding carboxylic acids is 3. The van der Waals surface area contributed by atoms with Crippen LogP contribution in [0.5, 0.6) is 0 Å². The first-order chi connectivity index (χ1) is 15.9. The molecule has 2 aliphatic rings. The largest absolute Gasteiger partial charge is 0.370 e. The highest BCUT2D eigenvalue weighted by atomic mass is 35.5. The Kier molecular flexibility index (Phi) is 7.47. The van der Waals surface area contributed by atoms with Gasteiger partial charge in [-0.2, -0.15) is 0 Å². The van der Waals surface area contributed by atoms with E-state index in [0.29, 0.717) is 47.5 Å². The molecule has 1 saturated carbocycles. The molecule has 1 aliphatic heterocycles. The van der Waals surface area contributed by atoms with Crippen LogP contribution < -0.4 is 10.6 Å². The summed E-state index contributed by atoms with van der Waals surface area (Å²) in [7, 11) is 0. The summed E-state index contributed by atoms with van der Waals surface area (Å²) in [4.78, 5) is 43.8. The van der Waals surface area contributed by atoms with Crippen molar-refractivity contribution in [2.75, 3.05) is 30.4 Å². The van der Waals surface area contributed by atoms with Gasteiger partial charge in [-0.1, -0.05) is 23.2 Å². The summed E-state index contributed by atoms with van der Waals surface area (Å²) in [5, 5.41) is 6.40. The Morgan fingerprint density at radius 1 is 1.03 bits per heavy atom. The number of carbonyl (C=O) groups is 3. The molecule has 2 fully saturated rings. The maximum atomic E-state index is 13.0. The average molecular weight is 491 g/mol. The number of halogens is 2. The van der Waals surface area contributed by atoms with Crippen molar-refractivity contribution in [3.05, 3.63) is 52.1 Å². The predicted octanol–water partition coefficient (Wildman–Crippen LogP) is 4.00. The SMILES string of the molecule is O=C(Nc1ccc(Cl)cn1)c1cc(Cl)ccc1NC(=O)C1CCC(N2CCOCC2=O)CC1. The van der Waals surface area contributed by atoms with E-state index in [9.17, 15) is 14.4 Å². The van der Waals surface area contributed by atoms with Gasteiger partial charge in [0.05, 0.1) is 22.9 Å². The number of nitrogens with zero attached hydrogens (tertiary/aromatic N) is 2. The van der Waals surface area contributed by atoms with E-state index in [-0.39, 0.29) is 35.9 Å². The number of hydrogen-bond donors (Lipinski definition) is 2. The molecule has 33 heavy (non-hydrogen) atoms. The minimum atomic E-state index is -0.447. The number of hydrogen-bond acceptors (Lipinski definition) is 5. The van der Waals surface area contributed by atoms with Gasteiger partial charge in [-0.05, 0) is 56.0 Å². The van der Waals surface area contributed by atoms with Gasteiger partial charge in [-0.3, -0.25) is 14.4 Å². The van der Waals surface area contributed by atoms with E-state index in [4.69, 9.17) is 27.9 Å². The van der Waals surface area contributed by atoms with Crippen LogP contribution in [0.3, 0.4) is 0 Å². The highest BCUT2D eigenvalue weighted by Crippen LogP contribution is 2.30. The number of morpholine rings is 1.